The van der Waals surface area contributed by atoms with Gasteiger partial charge in [0.15, 0.2) is 0 Å². The quantitative estimate of drug-likeness (QED) is 0.0891. The molecule has 1 amide bonds. The molecule has 4 atom stereocenters. The Hall–Kier alpha value is -5.49. The van der Waals surface area contributed by atoms with Gasteiger partial charge in [0.25, 0.3) is 0 Å². The summed E-state index contributed by atoms with van der Waals surface area (Å²) in [5.74, 6) is 1.26. The number of halogens is 3. The Morgan fingerprint density at radius 2 is 1.12 bits per heavy atom. The van der Waals surface area contributed by atoms with Gasteiger partial charge in [-0.2, -0.15) is 0 Å². The van der Waals surface area contributed by atoms with Gasteiger partial charge in [0, 0.05) is 88.9 Å². The van der Waals surface area contributed by atoms with Gasteiger partial charge in [-0.3, -0.25) is 28.2 Å². The number of anilines is 2. The molecular weight excluding hydrogens is 923 g/mol. The molecule has 10 rings (SSSR count). The Kier molecular flexibility index (Phi) is 17.9. The highest BCUT2D eigenvalue weighted by Crippen LogP contribution is 2.31. The number of pyridine rings is 2. The van der Waals surface area contributed by atoms with Crippen LogP contribution in [0.15, 0.2) is 98.9 Å². The fraction of sp³-hybridized carbons (Fsp3) is 0.429. The molecule has 2 saturated carbocycles. The molecular formula is C49H61Cl3N14O2. The minimum Gasteiger partial charge on any atom is -0.351 e. The predicted molar refractivity (Wildman–Crippen MR) is 272 cm³/mol. The van der Waals surface area contributed by atoms with Gasteiger partial charge in [0.05, 0.1) is 46.2 Å². The van der Waals surface area contributed by atoms with Crippen molar-refractivity contribution in [2.75, 3.05) is 63.0 Å². The van der Waals surface area contributed by atoms with Gasteiger partial charge < -0.3 is 20.9 Å². The third-order valence-electron chi connectivity index (χ3n) is 12.9. The molecule has 4 aliphatic rings. The van der Waals surface area contributed by atoms with Crippen molar-refractivity contribution in [3.05, 3.63) is 109 Å². The van der Waals surface area contributed by atoms with E-state index in [0.717, 1.165) is 113 Å². The number of hydrogen-bond acceptors (Lipinski definition) is 13. The summed E-state index contributed by atoms with van der Waals surface area (Å²) in [6.07, 6.45) is 22.6. The van der Waals surface area contributed by atoms with Crippen molar-refractivity contribution >= 4 is 69.1 Å². The molecule has 16 nitrogen and oxygen atoms in total. The molecule has 2 saturated heterocycles. The molecule has 68 heavy (non-hydrogen) atoms. The summed E-state index contributed by atoms with van der Waals surface area (Å²) in [5, 5.41) is 11.1. The molecule has 3 N–H and O–H groups in total. The number of nitrogens with one attached hydrogen (secondary N) is 3. The monoisotopic (exact) mass is 982 g/mol. The maximum Gasteiger partial charge on any atom is 0.246 e. The Morgan fingerprint density at radius 1 is 0.647 bits per heavy atom. The highest BCUT2D eigenvalue weighted by molar-refractivity contribution is 6.66. The second kappa shape index (κ2) is 24.2. The van der Waals surface area contributed by atoms with Gasteiger partial charge in [0.2, 0.25) is 23.0 Å². The highest BCUT2D eigenvalue weighted by atomic mass is 35.5. The van der Waals surface area contributed by atoms with Crippen LogP contribution in [-0.2, 0) is 9.59 Å². The first-order valence-corrected chi connectivity index (χ1v) is 24.2. The van der Waals surface area contributed by atoms with Crippen LogP contribution in [0.2, 0.25) is 10.0 Å². The molecule has 360 valence electrons. The van der Waals surface area contributed by atoms with Crippen molar-refractivity contribution in [3.8, 4) is 22.8 Å². The summed E-state index contributed by atoms with van der Waals surface area (Å²) < 4.78 is 3.98. The van der Waals surface area contributed by atoms with Crippen molar-refractivity contribution in [1.29, 1.82) is 0 Å². The number of rotatable bonds is 10. The van der Waals surface area contributed by atoms with Crippen LogP contribution in [0.1, 0.15) is 58.8 Å². The summed E-state index contributed by atoms with van der Waals surface area (Å²) in [5.41, 5.74) is 4.81. The van der Waals surface area contributed by atoms with Gasteiger partial charge in [-0.25, -0.2) is 29.9 Å². The molecule has 0 unspecified atom stereocenters. The molecule has 6 aromatic rings. The number of amides is 1. The second-order valence-electron chi connectivity index (χ2n) is 17.1. The zero-order valence-electron chi connectivity index (χ0n) is 37.5. The average molecular weight is 984 g/mol. The van der Waals surface area contributed by atoms with Crippen molar-refractivity contribution in [1.82, 2.24) is 58.7 Å². The lowest BCUT2D eigenvalue weighted by Gasteiger charge is -2.42. The summed E-state index contributed by atoms with van der Waals surface area (Å²) in [6, 6.07) is 13.6. The van der Waals surface area contributed by atoms with E-state index >= 15 is 0 Å². The fourth-order valence-corrected chi connectivity index (χ4v) is 9.93. The molecule has 8 heterocycles. The number of imidazole rings is 2. The van der Waals surface area contributed by atoms with Crippen LogP contribution in [0.3, 0.4) is 0 Å². The number of nitrogens with zero attached hydrogens (tertiary/aromatic N) is 11. The van der Waals surface area contributed by atoms with E-state index < -0.39 is 5.24 Å². The molecule has 19 heteroatoms. The van der Waals surface area contributed by atoms with Crippen LogP contribution in [0.4, 0.5) is 11.9 Å². The number of fused-ring (bicyclic) bond motifs is 2. The maximum atomic E-state index is 11.9. The van der Waals surface area contributed by atoms with Crippen molar-refractivity contribution in [2.24, 2.45) is 0 Å². The number of carbonyl (C=O) groups excluding carboxylic acids is 2. The molecule has 2 aliphatic heterocycles. The minimum atomic E-state index is -0.509. The third kappa shape index (κ3) is 12.6. The zero-order chi connectivity index (χ0) is 46.7. The number of aromatic nitrogens is 8. The van der Waals surface area contributed by atoms with Gasteiger partial charge in [-0.15, -0.1) is 0 Å². The number of allylic oxidation sites excluding steroid dienone is 1. The largest absolute Gasteiger partial charge is 0.351 e. The van der Waals surface area contributed by atoms with E-state index in [1.54, 1.807) is 18.6 Å². The van der Waals surface area contributed by atoms with Gasteiger partial charge >= 0.3 is 0 Å². The van der Waals surface area contributed by atoms with Crippen molar-refractivity contribution in [2.45, 2.75) is 83.0 Å². The predicted octanol–water partition coefficient (Wildman–Crippen LogP) is 8.14. The van der Waals surface area contributed by atoms with Crippen molar-refractivity contribution < 1.29 is 9.59 Å². The third-order valence-corrected chi connectivity index (χ3v) is 13.6. The summed E-state index contributed by atoms with van der Waals surface area (Å²) in [7, 11) is 0. The molecule has 0 radical (unpaired) electrons. The lowest BCUT2D eigenvalue weighted by Crippen LogP contribution is -2.53. The van der Waals surface area contributed by atoms with Crippen LogP contribution in [0.5, 0.6) is 0 Å². The van der Waals surface area contributed by atoms with Crippen LogP contribution >= 0.6 is 34.8 Å². The minimum absolute atomic E-state index is 0. The molecule has 0 bridgehead atoms. The van der Waals surface area contributed by atoms with E-state index in [2.05, 4.69) is 58.8 Å². The molecule has 4 fully saturated rings. The Labute approximate surface area is 413 Å². The van der Waals surface area contributed by atoms with Crippen LogP contribution in [0.25, 0.3) is 34.1 Å². The second-order valence-corrected chi connectivity index (χ2v) is 18.3. The molecule has 6 aromatic heterocycles. The van der Waals surface area contributed by atoms with Crippen LogP contribution in [0, 0.1) is 0 Å². The molecule has 0 aromatic carbocycles. The zero-order valence-corrected chi connectivity index (χ0v) is 39.8. The fourth-order valence-electron chi connectivity index (χ4n) is 9.55. The molecule has 0 spiro atoms. The van der Waals surface area contributed by atoms with E-state index in [-0.39, 0.29) is 13.3 Å². The van der Waals surface area contributed by atoms with Crippen LogP contribution < -0.4 is 16.0 Å². The first kappa shape index (κ1) is 50.4. The number of carbonyl (C=O) groups is 2. The number of hydrogen-bond donors (Lipinski definition) is 3. The summed E-state index contributed by atoms with van der Waals surface area (Å²) in [6.45, 7) is 14.5. The van der Waals surface area contributed by atoms with Gasteiger partial charge in [0.1, 0.15) is 22.7 Å². The number of piperazine rings is 2. The van der Waals surface area contributed by atoms with Gasteiger partial charge in [-0.1, -0.05) is 55.9 Å². The SMILES string of the molecule is C.C=CC(=O)Cl.C=CC(=O)N1CCN([C@H]2CCC[C@@H](Nc3ncc(Cl)c(-c4cnc5ccccn45)n3)C2)CC1.Clc1cnc(N[C@@H]2CCC[C@H](N3CCNCC3)C2)nc1-c1cnc2ccccn12. The van der Waals surface area contributed by atoms with E-state index in [4.69, 9.17) is 44.8 Å². The van der Waals surface area contributed by atoms with E-state index in [1.165, 1.54) is 25.3 Å². The Morgan fingerprint density at radius 3 is 1.57 bits per heavy atom. The molecule has 2 aliphatic carbocycles. The highest BCUT2D eigenvalue weighted by Gasteiger charge is 2.31. The smallest absolute Gasteiger partial charge is 0.246 e. The summed E-state index contributed by atoms with van der Waals surface area (Å²) in [4.78, 5) is 55.7. The Balaban J connectivity index is 0.000000182. The lowest BCUT2D eigenvalue weighted by molar-refractivity contribution is -0.128. The van der Waals surface area contributed by atoms with Crippen molar-refractivity contribution in [3.63, 3.8) is 0 Å². The van der Waals surface area contributed by atoms with Crippen LogP contribution in [-0.4, -0.2) is 141 Å². The summed E-state index contributed by atoms with van der Waals surface area (Å²) >= 11 is 17.6. The first-order valence-electron chi connectivity index (χ1n) is 23.0. The normalized spacial score (nSPS) is 21.0. The lowest BCUT2D eigenvalue weighted by atomic mass is 9.89. The topological polar surface area (TPSA) is 166 Å². The van der Waals surface area contributed by atoms with Gasteiger partial charge in [-0.05, 0) is 99.4 Å². The van der Waals surface area contributed by atoms with E-state index in [9.17, 15) is 9.59 Å². The Bertz CT molecular complexity index is 2640. The first-order chi connectivity index (χ1) is 32.7. The standard InChI is InChI=1S/C24H28ClN7O.C21H26ClN7.C3H3ClO.CH4/c1-2-22(33)31-12-10-30(11-13-31)18-7-5-6-17(14-18)28-24-27-15-19(25)23(29-24)20-16-26-21-8-3-4-9-32(20)21;22-17-13-25-21(27-20(17)18-14-24-19-6-1-2-9-29(18)19)26-15-4-3-5-16(12-15)28-10-7-23-8-11-28;1-2-3(4)5;/h2-4,8-9,15-18H,1,5-7,10-14H2,(H,27,28,29);1-2,6,9,13-16,23H,3-5,7-8,10-12H2,(H,25,26,27);2H,1H2;1H4/t17-,18+;15-,16+;;/m11../s1. The van der Waals surface area contributed by atoms with E-state index in [0.29, 0.717) is 57.5 Å². The van der Waals surface area contributed by atoms with E-state index in [1.807, 2.05) is 68.7 Å². The maximum absolute atomic E-state index is 11.9. The average Bonchev–Trinajstić information content (AvgIpc) is 4.01.